The first kappa shape index (κ1) is 17.8. The molecule has 6 heteroatoms. The van der Waals surface area contributed by atoms with Gasteiger partial charge in [0, 0.05) is 16.1 Å². The average molecular weight is 347 g/mol. The number of rotatable bonds is 5. The Balaban J connectivity index is 1.95. The van der Waals surface area contributed by atoms with Crippen molar-refractivity contribution >= 4 is 23.4 Å². The third kappa shape index (κ3) is 5.28. The van der Waals surface area contributed by atoms with Crippen LogP contribution in [0, 0.1) is 5.92 Å². The lowest BCUT2D eigenvalue weighted by atomic mass is 10.2. The molecular formula is C18H19ClN2O3. The van der Waals surface area contributed by atoms with Gasteiger partial charge in [-0.1, -0.05) is 37.6 Å². The molecule has 2 aromatic rings. The van der Waals surface area contributed by atoms with Gasteiger partial charge in [0.1, 0.15) is 5.75 Å². The molecule has 2 rings (SSSR count). The number of hydrazine groups is 1. The lowest BCUT2D eigenvalue weighted by molar-refractivity contribution is 0.0846. The number of amides is 2. The van der Waals surface area contributed by atoms with Gasteiger partial charge in [0.25, 0.3) is 11.8 Å². The van der Waals surface area contributed by atoms with Crippen LogP contribution in [0.3, 0.4) is 0 Å². The minimum absolute atomic E-state index is 0.358. The molecule has 0 aliphatic rings. The molecular weight excluding hydrogens is 328 g/mol. The average Bonchev–Trinajstić information content (AvgIpc) is 2.57. The molecule has 0 atom stereocenters. The molecule has 0 aromatic heterocycles. The molecule has 2 aromatic carbocycles. The van der Waals surface area contributed by atoms with Gasteiger partial charge in [-0.2, -0.15) is 0 Å². The van der Waals surface area contributed by atoms with Crippen molar-refractivity contribution in [3.05, 3.63) is 64.7 Å². The number of benzene rings is 2. The summed E-state index contributed by atoms with van der Waals surface area (Å²) in [7, 11) is 0. The Hall–Kier alpha value is -2.53. The van der Waals surface area contributed by atoms with Crippen molar-refractivity contribution in [3.8, 4) is 5.75 Å². The van der Waals surface area contributed by atoms with Crippen LogP contribution < -0.4 is 15.6 Å². The van der Waals surface area contributed by atoms with Gasteiger partial charge in [-0.15, -0.1) is 0 Å². The van der Waals surface area contributed by atoms with Crippen molar-refractivity contribution in [2.45, 2.75) is 13.8 Å². The minimum Gasteiger partial charge on any atom is -0.493 e. The summed E-state index contributed by atoms with van der Waals surface area (Å²) < 4.78 is 5.58. The summed E-state index contributed by atoms with van der Waals surface area (Å²) in [4.78, 5) is 24.1. The molecule has 0 unspecified atom stereocenters. The van der Waals surface area contributed by atoms with Crippen molar-refractivity contribution in [1.82, 2.24) is 10.9 Å². The van der Waals surface area contributed by atoms with Crippen molar-refractivity contribution in [2.75, 3.05) is 6.61 Å². The van der Waals surface area contributed by atoms with Gasteiger partial charge >= 0.3 is 0 Å². The summed E-state index contributed by atoms with van der Waals surface area (Å²) in [5, 5.41) is 0.448. The van der Waals surface area contributed by atoms with E-state index in [0.29, 0.717) is 34.4 Å². The van der Waals surface area contributed by atoms with Gasteiger partial charge < -0.3 is 4.74 Å². The maximum absolute atomic E-state index is 12.1. The smallest absolute Gasteiger partial charge is 0.269 e. The second-order valence-electron chi connectivity index (χ2n) is 5.65. The Morgan fingerprint density at radius 3 is 2.17 bits per heavy atom. The van der Waals surface area contributed by atoms with Gasteiger partial charge in [0.2, 0.25) is 0 Å². The molecule has 0 aliphatic heterocycles. The highest BCUT2D eigenvalue weighted by molar-refractivity contribution is 6.30. The lowest BCUT2D eigenvalue weighted by Crippen LogP contribution is -2.41. The summed E-state index contributed by atoms with van der Waals surface area (Å²) in [6.45, 7) is 4.65. The molecule has 2 amide bonds. The summed E-state index contributed by atoms with van der Waals surface area (Å²) in [5.41, 5.74) is 5.48. The number of carbonyl (C=O) groups is 2. The van der Waals surface area contributed by atoms with Gasteiger partial charge in [0.15, 0.2) is 0 Å². The number of nitrogens with one attached hydrogen (secondary N) is 2. The highest BCUT2D eigenvalue weighted by atomic mass is 35.5. The highest BCUT2D eigenvalue weighted by Crippen LogP contribution is 2.14. The highest BCUT2D eigenvalue weighted by Gasteiger charge is 2.10. The Bertz CT molecular complexity index is 732. The van der Waals surface area contributed by atoms with Crippen molar-refractivity contribution in [2.24, 2.45) is 5.92 Å². The number of ether oxygens (including phenoxy) is 1. The molecule has 0 saturated heterocycles. The van der Waals surface area contributed by atoms with Crippen LogP contribution >= 0.6 is 11.6 Å². The molecule has 0 aliphatic carbocycles. The van der Waals surface area contributed by atoms with E-state index in [2.05, 4.69) is 10.9 Å². The minimum atomic E-state index is -0.446. The van der Waals surface area contributed by atoms with Gasteiger partial charge in [-0.05, 0) is 42.3 Å². The number of hydrogen-bond donors (Lipinski definition) is 2. The van der Waals surface area contributed by atoms with Gasteiger partial charge in [-0.25, -0.2) is 0 Å². The Kier molecular flexibility index (Phi) is 6.21. The second-order valence-corrected chi connectivity index (χ2v) is 6.09. The largest absolute Gasteiger partial charge is 0.493 e. The van der Waals surface area contributed by atoms with E-state index in [1.807, 2.05) is 13.8 Å². The van der Waals surface area contributed by atoms with Crippen LogP contribution in [-0.4, -0.2) is 18.4 Å². The van der Waals surface area contributed by atoms with E-state index in [1.165, 1.54) is 6.07 Å². The zero-order valence-corrected chi connectivity index (χ0v) is 14.3. The van der Waals surface area contributed by atoms with Crippen LogP contribution in [-0.2, 0) is 0 Å². The van der Waals surface area contributed by atoms with E-state index >= 15 is 0 Å². The fourth-order valence-electron chi connectivity index (χ4n) is 1.88. The predicted molar refractivity (Wildman–Crippen MR) is 93.2 cm³/mol. The van der Waals surface area contributed by atoms with E-state index < -0.39 is 11.8 Å². The van der Waals surface area contributed by atoms with Gasteiger partial charge in [-0.3, -0.25) is 20.4 Å². The maximum atomic E-state index is 12.1. The fourth-order valence-corrected chi connectivity index (χ4v) is 2.07. The van der Waals surface area contributed by atoms with Crippen molar-refractivity contribution in [3.63, 3.8) is 0 Å². The molecule has 0 spiro atoms. The molecule has 0 heterocycles. The summed E-state index contributed by atoms with van der Waals surface area (Å²) in [6, 6.07) is 13.2. The van der Waals surface area contributed by atoms with E-state index in [-0.39, 0.29) is 0 Å². The second kappa shape index (κ2) is 8.36. The summed E-state index contributed by atoms with van der Waals surface area (Å²) in [6.07, 6.45) is 0. The standard InChI is InChI=1S/C18H19ClN2O3/c1-12(2)11-24-16-8-4-6-14(10-16)18(23)21-20-17(22)13-5-3-7-15(19)9-13/h3-10,12H,11H2,1-2H3,(H,20,22)(H,21,23). The first-order valence-electron chi connectivity index (χ1n) is 7.55. The van der Waals surface area contributed by atoms with Crippen LogP contribution in [0.2, 0.25) is 5.02 Å². The quantitative estimate of drug-likeness (QED) is 0.815. The van der Waals surface area contributed by atoms with E-state index in [0.717, 1.165) is 0 Å². The SMILES string of the molecule is CC(C)COc1cccc(C(=O)NNC(=O)c2cccc(Cl)c2)c1. The molecule has 0 saturated carbocycles. The van der Waals surface area contributed by atoms with Crippen LogP contribution in [0.15, 0.2) is 48.5 Å². The van der Waals surface area contributed by atoms with Crippen LogP contribution in [0.1, 0.15) is 34.6 Å². The van der Waals surface area contributed by atoms with Crippen LogP contribution in [0.25, 0.3) is 0 Å². The molecule has 24 heavy (non-hydrogen) atoms. The predicted octanol–water partition coefficient (Wildman–Crippen LogP) is 3.45. The van der Waals surface area contributed by atoms with E-state index in [4.69, 9.17) is 16.3 Å². The molecule has 0 radical (unpaired) electrons. The first-order valence-corrected chi connectivity index (χ1v) is 7.92. The fraction of sp³-hybridized carbons (Fsp3) is 0.222. The topological polar surface area (TPSA) is 67.4 Å². The zero-order chi connectivity index (χ0) is 17.5. The van der Waals surface area contributed by atoms with Gasteiger partial charge in [0.05, 0.1) is 6.61 Å². The van der Waals surface area contributed by atoms with Crippen LogP contribution in [0.5, 0.6) is 5.75 Å². The lowest BCUT2D eigenvalue weighted by Gasteiger charge is -2.11. The van der Waals surface area contributed by atoms with Crippen molar-refractivity contribution in [1.29, 1.82) is 0 Å². The third-order valence-corrected chi connectivity index (χ3v) is 3.29. The molecule has 2 N–H and O–H groups in total. The Labute approximate surface area is 145 Å². The number of carbonyl (C=O) groups excluding carboxylic acids is 2. The van der Waals surface area contributed by atoms with E-state index in [1.54, 1.807) is 42.5 Å². The Morgan fingerprint density at radius 2 is 1.58 bits per heavy atom. The van der Waals surface area contributed by atoms with Crippen LogP contribution in [0.4, 0.5) is 0 Å². The molecule has 0 fully saturated rings. The normalized spacial score (nSPS) is 10.3. The number of hydrogen-bond acceptors (Lipinski definition) is 3. The molecule has 126 valence electrons. The van der Waals surface area contributed by atoms with Crippen molar-refractivity contribution < 1.29 is 14.3 Å². The number of halogens is 1. The Morgan fingerprint density at radius 1 is 1.00 bits per heavy atom. The first-order chi connectivity index (χ1) is 11.5. The third-order valence-electron chi connectivity index (χ3n) is 3.06. The maximum Gasteiger partial charge on any atom is 0.269 e. The van der Waals surface area contributed by atoms with E-state index in [9.17, 15) is 9.59 Å². The molecule has 5 nitrogen and oxygen atoms in total. The molecule has 0 bridgehead atoms. The monoisotopic (exact) mass is 346 g/mol. The summed E-state index contributed by atoms with van der Waals surface area (Å²) >= 11 is 5.84. The summed E-state index contributed by atoms with van der Waals surface area (Å²) in [5.74, 6) is 0.121. The zero-order valence-electron chi connectivity index (χ0n) is 13.5.